The van der Waals surface area contributed by atoms with Crippen molar-refractivity contribution in [3.05, 3.63) is 35.4 Å². The molecule has 1 unspecified atom stereocenters. The first kappa shape index (κ1) is 18.0. The number of nitrogens with zero attached hydrogens (tertiary/aromatic N) is 1. The van der Waals surface area contributed by atoms with Gasteiger partial charge < -0.3 is 19.5 Å². The van der Waals surface area contributed by atoms with E-state index in [9.17, 15) is 19.5 Å². The van der Waals surface area contributed by atoms with Gasteiger partial charge in [0, 0.05) is 6.54 Å². The highest BCUT2D eigenvalue weighted by molar-refractivity contribution is 5.90. The number of aliphatic carboxylic acids is 1. The minimum absolute atomic E-state index is 0.114. The molecule has 1 aliphatic heterocycles. The number of carbonyl (C=O) groups is 3. The average molecular weight is 332 g/mol. The molecule has 1 atom stereocenters. The van der Waals surface area contributed by atoms with Gasteiger partial charge in [-0.2, -0.15) is 0 Å². The SMILES string of the molecule is CC(C)(C)OC(=O)CC1C(=O)N(CC(=O)[O-])CCc2ccccc21. The molecule has 1 amide bonds. The van der Waals surface area contributed by atoms with Gasteiger partial charge in [0.1, 0.15) is 5.60 Å². The fraction of sp³-hybridized carbons (Fsp3) is 0.500. The van der Waals surface area contributed by atoms with Crippen LogP contribution in [0, 0.1) is 0 Å². The lowest BCUT2D eigenvalue weighted by molar-refractivity contribution is -0.306. The van der Waals surface area contributed by atoms with Crippen molar-refractivity contribution in [1.82, 2.24) is 4.90 Å². The highest BCUT2D eigenvalue weighted by Crippen LogP contribution is 2.30. The number of benzene rings is 1. The summed E-state index contributed by atoms with van der Waals surface area (Å²) in [5.74, 6) is -2.91. The Morgan fingerprint density at radius 3 is 2.58 bits per heavy atom. The summed E-state index contributed by atoms with van der Waals surface area (Å²) in [6.07, 6.45) is 0.427. The molecule has 0 N–H and O–H groups in total. The van der Waals surface area contributed by atoms with Gasteiger partial charge in [-0.3, -0.25) is 9.59 Å². The Kier molecular flexibility index (Phi) is 5.26. The number of hydrogen-bond donors (Lipinski definition) is 0. The molecule has 0 saturated carbocycles. The molecule has 1 heterocycles. The third-order valence-electron chi connectivity index (χ3n) is 3.80. The predicted octanol–water partition coefficient (Wildman–Crippen LogP) is 0.637. The normalized spacial score (nSPS) is 17.9. The van der Waals surface area contributed by atoms with Crippen LogP contribution in [-0.2, 0) is 25.5 Å². The Labute approximate surface area is 141 Å². The van der Waals surface area contributed by atoms with Crippen LogP contribution in [0.2, 0.25) is 0 Å². The number of amides is 1. The first-order chi connectivity index (χ1) is 11.2. The molecular weight excluding hydrogens is 310 g/mol. The zero-order valence-electron chi connectivity index (χ0n) is 14.2. The second kappa shape index (κ2) is 7.03. The van der Waals surface area contributed by atoms with E-state index >= 15 is 0 Å². The minimum atomic E-state index is -1.31. The summed E-state index contributed by atoms with van der Waals surface area (Å²) in [5, 5.41) is 10.9. The van der Waals surface area contributed by atoms with Crippen molar-refractivity contribution >= 4 is 17.8 Å². The highest BCUT2D eigenvalue weighted by Gasteiger charge is 2.33. The molecule has 1 aliphatic rings. The maximum absolute atomic E-state index is 12.8. The zero-order chi connectivity index (χ0) is 17.9. The lowest BCUT2D eigenvalue weighted by Crippen LogP contribution is -2.43. The molecule has 1 aromatic rings. The molecule has 6 heteroatoms. The smallest absolute Gasteiger partial charge is 0.307 e. The first-order valence-corrected chi connectivity index (χ1v) is 7.95. The maximum atomic E-state index is 12.8. The summed E-state index contributed by atoms with van der Waals surface area (Å²) in [5.41, 5.74) is 1.06. The van der Waals surface area contributed by atoms with E-state index in [2.05, 4.69) is 0 Å². The van der Waals surface area contributed by atoms with Gasteiger partial charge in [0.05, 0.1) is 24.9 Å². The maximum Gasteiger partial charge on any atom is 0.307 e. The zero-order valence-corrected chi connectivity index (χ0v) is 14.2. The molecule has 0 aliphatic carbocycles. The molecule has 0 saturated heterocycles. The van der Waals surface area contributed by atoms with E-state index in [-0.39, 0.29) is 18.9 Å². The van der Waals surface area contributed by atoms with E-state index < -0.39 is 30.0 Å². The topological polar surface area (TPSA) is 86.7 Å². The predicted molar refractivity (Wildman–Crippen MR) is 84.9 cm³/mol. The van der Waals surface area contributed by atoms with Crippen molar-refractivity contribution in [3.63, 3.8) is 0 Å². The molecule has 0 fully saturated rings. The van der Waals surface area contributed by atoms with Crippen LogP contribution in [0.25, 0.3) is 0 Å². The highest BCUT2D eigenvalue weighted by atomic mass is 16.6. The van der Waals surface area contributed by atoms with E-state index in [1.807, 2.05) is 24.3 Å². The number of hydrogen-bond acceptors (Lipinski definition) is 5. The molecule has 24 heavy (non-hydrogen) atoms. The average Bonchev–Trinajstić information content (AvgIpc) is 2.57. The minimum Gasteiger partial charge on any atom is -0.548 e. The van der Waals surface area contributed by atoms with Crippen LogP contribution in [0.5, 0.6) is 0 Å². The Morgan fingerprint density at radius 2 is 1.96 bits per heavy atom. The Hall–Kier alpha value is -2.37. The van der Waals surface area contributed by atoms with Crippen LogP contribution in [0.15, 0.2) is 24.3 Å². The lowest BCUT2D eigenvalue weighted by atomic mass is 9.90. The van der Waals surface area contributed by atoms with E-state index in [0.29, 0.717) is 6.42 Å². The molecule has 6 nitrogen and oxygen atoms in total. The van der Waals surface area contributed by atoms with Crippen LogP contribution in [0.1, 0.15) is 44.2 Å². The van der Waals surface area contributed by atoms with Gasteiger partial charge in [0.25, 0.3) is 0 Å². The van der Waals surface area contributed by atoms with Crippen molar-refractivity contribution < 1.29 is 24.2 Å². The van der Waals surface area contributed by atoms with Gasteiger partial charge in [0.15, 0.2) is 0 Å². The van der Waals surface area contributed by atoms with Crippen LogP contribution in [-0.4, -0.2) is 41.4 Å². The van der Waals surface area contributed by atoms with Gasteiger partial charge in [-0.25, -0.2) is 0 Å². The van der Waals surface area contributed by atoms with E-state index in [1.54, 1.807) is 20.8 Å². The van der Waals surface area contributed by atoms with Crippen molar-refractivity contribution in [2.45, 2.75) is 45.1 Å². The number of carboxylic acids is 1. The number of fused-ring (bicyclic) bond motifs is 1. The van der Waals surface area contributed by atoms with E-state index in [0.717, 1.165) is 11.1 Å². The molecule has 2 rings (SSSR count). The molecular formula is C18H22NO5-. The largest absolute Gasteiger partial charge is 0.548 e. The Balaban J connectivity index is 2.30. The summed E-state index contributed by atoms with van der Waals surface area (Å²) in [6, 6.07) is 7.38. The number of carbonyl (C=O) groups excluding carboxylic acids is 3. The fourth-order valence-corrected chi connectivity index (χ4v) is 2.88. The molecule has 0 aromatic heterocycles. The second-order valence-electron chi connectivity index (χ2n) is 6.92. The second-order valence-corrected chi connectivity index (χ2v) is 6.92. The summed E-state index contributed by atoms with van der Waals surface area (Å²) in [6.45, 7) is 5.09. The molecule has 130 valence electrons. The molecule has 1 aromatic carbocycles. The van der Waals surface area contributed by atoms with Crippen molar-refractivity contribution in [1.29, 1.82) is 0 Å². The molecule has 0 spiro atoms. The molecule has 0 radical (unpaired) electrons. The van der Waals surface area contributed by atoms with Crippen LogP contribution in [0.3, 0.4) is 0 Å². The standard InChI is InChI=1S/C18H23NO5/c1-18(2,3)24-16(22)10-14-13-7-5-4-6-12(13)8-9-19(17(14)23)11-15(20)21/h4-7,14H,8-11H2,1-3H3,(H,20,21)/p-1. The van der Waals surface area contributed by atoms with Crippen LogP contribution in [0.4, 0.5) is 0 Å². The monoisotopic (exact) mass is 332 g/mol. The van der Waals surface area contributed by atoms with Gasteiger partial charge in [-0.15, -0.1) is 0 Å². The van der Waals surface area contributed by atoms with Crippen LogP contribution < -0.4 is 5.11 Å². The quantitative estimate of drug-likeness (QED) is 0.755. The third kappa shape index (κ3) is 4.57. The van der Waals surface area contributed by atoms with Gasteiger partial charge >= 0.3 is 5.97 Å². The van der Waals surface area contributed by atoms with Crippen molar-refractivity contribution in [2.24, 2.45) is 0 Å². The lowest BCUT2D eigenvalue weighted by Gasteiger charge is -2.26. The Bertz CT molecular complexity index is 647. The van der Waals surface area contributed by atoms with Crippen molar-refractivity contribution in [2.75, 3.05) is 13.1 Å². The first-order valence-electron chi connectivity index (χ1n) is 7.95. The summed E-state index contributed by atoms with van der Waals surface area (Å²) >= 11 is 0. The number of rotatable bonds is 4. The van der Waals surface area contributed by atoms with Crippen molar-refractivity contribution in [3.8, 4) is 0 Å². The Morgan fingerprint density at radius 1 is 1.29 bits per heavy atom. The fourth-order valence-electron chi connectivity index (χ4n) is 2.88. The third-order valence-corrected chi connectivity index (χ3v) is 3.80. The number of ether oxygens (including phenoxy) is 1. The van der Waals surface area contributed by atoms with Crippen LogP contribution >= 0.6 is 0 Å². The van der Waals surface area contributed by atoms with Gasteiger partial charge in [-0.1, -0.05) is 24.3 Å². The van der Waals surface area contributed by atoms with E-state index in [4.69, 9.17) is 4.74 Å². The number of carboxylic acid groups (broad SMARTS) is 1. The van der Waals surface area contributed by atoms with Gasteiger partial charge in [0.2, 0.25) is 5.91 Å². The summed E-state index contributed by atoms with van der Waals surface area (Å²) < 4.78 is 5.32. The molecule has 0 bridgehead atoms. The summed E-state index contributed by atoms with van der Waals surface area (Å²) in [4.78, 5) is 37.1. The summed E-state index contributed by atoms with van der Waals surface area (Å²) in [7, 11) is 0. The number of esters is 1. The van der Waals surface area contributed by atoms with Gasteiger partial charge in [-0.05, 0) is 38.3 Å². The van der Waals surface area contributed by atoms with E-state index in [1.165, 1.54) is 4.90 Å².